The minimum atomic E-state index is -5.15. The second-order valence-corrected chi connectivity index (χ2v) is 26.2. The molecule has 1 aliphatic carbocycles. The highest BCUT2D eigenvalue weighted by molar-refractivity contribution is 5.96. The molecule has 2 atom stereocenters. The molecule has 1 spiro atoms. The first-order chi connectivity index (χ1) is 46.3. The number of carboxylic acid groups (broad SMARTS) is 1. The van der Waals surface area contributed by atoms with Crippen LogP contribution in [0.2, 0.25) is 0 Å². The van der Waals surface area contributed by atoms with Gasteiger partial charge in [-0.05, 0) is 154 Å². The van der Waals surface area contributed by atoms with Crippen LogP contribution in [0.3, 0.4) is 0 Å². The minimum Gasteiger partial charge on any atom is -0.465 e. The monoisotopic (exact) mass is 1450 g/mol. The molecule has 0 radical (unpaired) electrons. The van der Waals surface area contributed by atoms with Crippen LogP contribution in [0, 0.1) is 5.82 Å². The van der Waals surface area contributed by atoms with E-state index in [4.69, 9.17) is 9.47 Å². The molecule has 0 aromatic heterocycles. The number of carbonyl (C=O) groups is 5. The molecule has 16 nitrogen and oxygen atoms in total. The van der Waals surface area contributed by atoms with Crippen molar-refractivity contribution < 1.29 is 69.3 Å². The third-order valence-electron chi connectivity index (χ3n) is 20.0. The summed E-state index contributed by atoms with van der Waals surface area (Å²) >= 11 is 0. The summed E-state index contributed by atoms with van der Waals surface area (Å²) in [6.45, 7) is 5.11. The van der Waals surface area contributed by atoms with Gasteiger partial charge in [0.15, 0.2) is 0 Å². The number of unbranched alkanes of at least 4 members (excludes halogenated alkanes) is 1. The predicted octanol–water partition coefficient (Wildman–Crippen LogP) is 13.8. The number of carbonyl (C=O) groups excluding carboxylic acids is 4. The molecule has 6 aromatic carbocycles. The quantitative estimate of drug-likeness (QED) is 0.0431. The summed E-state index contributed by atoms with van der Waals surface area (Å²) in [5.41, 5.74) is 1.11. The summed E-state index contributed by atoms with van der Waals surface area (Å²) in [4.78, 5) is 81.1. The Balaban J connectivity index is 0.00000468. The van der Waals surface area contributed by atoms with Crippen molar-refractivity contribution in [3.8, 4) is 11.1 Å². The van der Waals surface area contributed by atoms with Gasteiger partial charge in [0, 0.05) is 121 Å². The Morgan fingerprint density at radius 2 is 1.23 bits per heavy atom. The van der Waals surface area contributed by atoms with E-state index in [0.29, 0.717) is 120 Å². The molecular weight excluding hydrogens is 1370 g/mol. The second kappa shape index (κ2) is 34.9. The fourth-order valence-corrected chi connectivity index (χ4v) is 14.2. The number of alkyl halides is 6. The van der Waals surface area contributed by atoms with Crippen LogP contribution in [0.1, 0.15) is 106 Å². The predicted molar refractivity (Wildman–Crippen MR) is 377 cm³/mol. The molecule has 0 unspecified atom stereocenters. The minimum absolute atomic E-state index is 0. The normalized spacial score (nSPS) is 17.7. The van der Waals surface area contributed by atoms with Crippen molar-refractivity contribution in [3.63, 3.8) is 0 Å². The summed E-state index contributed by atoms with van der Waals surface area (Å²) in [6.07, 6.45) is -5.52. The van der Waals surface area contributed by atoms with E-state index in [1.807, 2.05) is 93.0 Å². The van der Waals surface area contributed by atoms with Gasteiger partial charge in [-0.1, -0.05) is 84.9 Å². The van der Waals surface area contributed by atoms with E-state index in [1.54, 1.807) is 40.9 Å². The summed E-state index contributed by atoms with van der Waals surface area (Å²) < 4.78 is 110. The molecule has 3 heterocycles. The molecule has 0 saturated carbocycles. The number of nitrogens with zero attached hydrogens (tertiary/aromatic N) is 8. The largest absolute Gasteiger partial charge is 0.465 e. The maximum Gasteiger partial charge on any atom is 0.416 e. The van der Waals surface area contributed by atoms with E-state index >= 15 is 0 Å². The Morgan fingerprint density at radius 1 is 0.630 bits per heavy atom. The van der Waals surface area contributed by atoms with Gasteiger partial charge in [-0.3, -0.25) is 24.1 Å². The van der Waals surface area contributed by atoms with E-state index in [9.17, 15) is 59.8 Å². The van der Waals surface area contributed by atoms with Crippen molar-refractivity contribution in [2.75, 3.05) is 123 Å². The number of piperidine rings is 2. The van der Waals surface area contributed by atoms with Crippen LogP contribution in [0.15, 0.2) is 146 Å². The van der Waals surface area contributed by atoms with Crippen LogP contribution < -0.4 is 9.80 Å². The average molecular weight is 1460 g/mol. The third kappa shape index (κ3) is 19.2. The van der Waals surface area contributed by atoms with Crippen LogP contribution in [0.4, 0.5) is 46.9 Å². The molecule has 3 fully saturated rings. The zero-order chi connectivity index (χ0) is 69.2. The van der Waals surface area contributed by atoms with Gasteiger partial charge < -0.3 is 48.9 Å². The number of hydrogen-bond donors (Lipinski definition) is 1. The third-order valence-corrected chi connectivity index (χ3v) is 20.0. The van der Waals surface area contributed by atoms with Gasteiger partial charge in [0.25, 0.3) is 11.8 Å². The van der Waals surface area contributed by atoms with Crippen molar-refractivity contribution in [3.05, 3.63) is 190 Å². The molecular formula is C74H88Cl3F7N8O8. The van der Waals surface area contributed by atoms with Gasteiger partial charge in [0.1, 0.15) is 24.8 Å². The lowest BCUT2D eigenvalue weighted by Gasteiger charge is -2.44. The average Bonchev–Trinajstić information content (AvgIpc) is 1.58. The molecule has 10 rings (SSSR count). The Kier molecular flexibility index (Phi) is 27.9. The number of likely N-dealkylation sites (tertiary alicyclic amines) is 2. The van der Waals surface area contributed by atoms with Crippen molar-refractivity contribution in [2.24, 2.45) is 0 Å². The van der Waals surface area contributed by atoms with Gasteiger partial charge >= 0.3 is 18.4 Å². The molecule has 5 amide bonds. The van der Waals surface area contributed by atoms with Crippen LogP contribution in [-0.2, 0) is 48.9 Å². The number of likely N-dealkylation sites (N-methyl/N-ethyl adjacent to an activating group) is 2. The van der Waals surface area contributed by atoms with Crippen LogP contribution >= 0.6 is 37.2 Å². The fraction of sp³-hybridized carbons (Fsp3) is 0.446. The summed E-state index contributed by atoms with van der Waals surface area (Å²) in [7, 11) is 7.27. The van der Waals surface area contributed by atoms with Gasteiger partial charge in [-0.2, -0.15) is 26.3 Å². The molecule has 3 aliphatic heterocycles. The molecule has 26 heteroatoms. The molecule has 0 bridgehead atoms. The van der Waals surface area contributed by atoms with E-state index in [1.165, 1.54) is 29.2 Å². The number of rotatable bonds is 25. The highest BCUT2D eigenvalue weighted by Crippen LogP contribution is 2.49. The molecule has 542 valence electrons. The van der Waals surface area contributed by atoms with Crippen LogP contribution in [0.25, 0.3) is 11.1 Å². The smallest absolute Gasteiger partial charge is 0.416 e. The van der Waals surface area contributed by atoms with Crippen molar-refractivity contribution >= 4 is 78.3 Å². The first-order valence-corrected chi connectivity index (χ1v) is 33.2. The number of ether oxygens (including phenoxy) is 2. The molecule has 3 saturated heterocycles. The summed E-state index contributed by atoms with van der Waals surface area (Å²) in [5.74, 6) is -1.87. The number of amides is 5. The Labute approximate surface area is 598 Å². The van der Waals surface area contributed by atoms with E-state index in [-0.39, 0.29) is 92.7 Å². The summed E-state index contributed by atoms with van der Waals surface area (Å²) in [5, 5.41) is 10.4. The van der Waals surface area contributed by atoms with Gasteiger partial charge in [-0.15, -0.1) is 37.2 Å². The Hall–Kier alpha value is -7.51. The van der Waals surface area contributed by atoms with Gasteiger partial charge in [-0.25, -0.2) is 9.18 Å². The van der Waals surface area contributed by atoms with Crippen LogP contribution in [-0.4, -0.2) is 190 Å². The zero-order valence-electron chi connectivity index (χ0n) is 56.5. The fourth-order valence-electron chi connectivity index (χ4n) is 14.2. The SMILES string of the molecule is CN(CCN1CCC(N(C(=O)O)c2ccccc2-c2ccccc2)CC1)C(=O)CCCCN(C)c1ccc(C(=O)N(C)CCCN(C)C(=O)CO[C@H]2Cc3ccccc3C23CCN(CC[C@@]2(c4ccc(F)cc4)CN(C(=O)c4cc(C(F)(F)F)cc(C(F)(F)F)c4)CO2)CC3)cc1.Cl.Cl.Cl. The van der Waals surface area contributed by atoms with E-state index in [2.05, 4.69) is 26.8 Å². The first kappa shape index (κ1) is 79.8. The van der Waals surface area contributed by atoms with Gasteiger partial charge in [0.05, 0.1) is 29.5 Å². The highest BCUT2D eigenvalue weighted by atomic mass is 35.5. The standard InChI is InChI=1S/C74H85F7N8O8.3ClH/c1-82(35-13-12-21-66(90)84(3)43-44-86-38-30-61(31-39-86)89(70(94)95)64-20-11-9-18-62(64)52-15-6-5-7-16-52)60-28-22-53(23-29-60)68(92)85(4)37-14-36-83(2)67(91)49-96-65-47-54-17-8-10-19-63(54)71(65)32-40-87(41-33-71)42-34-72(56-24-26-59(75)27-25-56)50-88(51-97-72)69(93)55-45-57(73(76,77)78)48-58(46-55)74(79,80)81;;;/h5-11,15-20,22-29,45-46,48,61,65H,12-14,21,30-44,47,49-51H2,1-4H3,(H,94,95);3*1H/t65-,72-;;;/m0.../s1. The lowest BCUT2D eigenvalue weighted by atomic mass is 9.72. The van der Waals surface area contributed by atoms with Crippen LogP contribution in [0.5, 0.6) is 0 Å². The Morgan fingerprint density at radius 3 is 1.88 bits per heavy atom. The highest BCUT2D eigenvalue weighted by Gasteiger charge is 2.50. The number of hydrogen-bond acceptors (Lipinski definition) is 10. The lowest BCUT2D eigenvalue weighted by Crippen LogP contribution is -2.50. The van der Waals surface area contributed by atoms with E-state index in [0.717, 1.165) is 65.3 Å². The molecule has 1 N–H and O–H groups in total. The maximum atomic E-state index is 14.2. The number of benzene rings is 6. The second-order valence-electron chi connectivity index (χ2n) is 26.2. The number of fused-ring (bicyclic) bond motifs is 2. The lowest BCUT2D eigenvalue weighted by molar-refractivity contribution is -0.143. The molecule has 6 aromatic rings. The summed E-state index contributed by atoms with van der Waals surface area (Å²) in [6, 6.07) is 39.1. The number of anilines is 2. The van der Waals surface area contributed by atoms with Crippen molar-refractivity contribution in [2.45, 2.75) is 99.7 Å². The molecule has 100 heavy (non-hydrogen) atoms. The number of para-hydroxylation sites is 1. The van der Waals surface area contributed by atoms with Crippen molar-refractivity contribution in [1.29, 1.82) is 0 Å². The Bertz CT molecular complexity index is 3680. The first-order valence-electron chi connectivity index (χ1n) is 33.2. The molecule has 4 aliphatic rings. The topological polar surface area (TPSA) is 150 Å². The van der Waals surface area contributed by atoms with E-state index < -0.39 is 64.6 Å². The zero-order valence-corrected chi connectivity index (χ0v) is 59.0. The van der Waals surface area contributed by atoms with Gasteiger partial charge in [0.2, 0.25) is 11.8 Å². The van der Waals surface area contributed by atoms with Crippen molar-refractivity contribution in [1.82, 2.24) is 29.4 Å². The number of halogens is 10. The maximum absolute atomic E-state index is 14.2.